The van der Waals surface area contributed by atoms with E-state index in [0.717, 1.165) is 16.8 Å². The SMILES string of the molecule is COc1cccc(-n2c(/C=C3\C(=O)Nc4ccc(C)cc43)nc3ccccc3c2=O)c1. The lowest BCUT2D eigenvalue weighted by atomic mass is 10.0. The van der Waals surface area contributed by atoms with Crippen molar-refractivity contribution in [2.75, 3.05) is 12.4 Å². The summed E-state index contributed by atoms with van der Waals surface area (Å²) >= 11 is 0. The molecule has 0 saturated carbocycles. The van der Waals surface area contributed by atoms with Crippen LogP contribution in [0, 0.1) is 6.92 Å². The second kappa shape index (κ2) is 7.25. The van der Waals surface area contributed by atoms with Gasteiger partial charge >= 0.3 is 0 Å². The van der Waals surface area contributed by atoms with Crippen molar-refractivity contribution in [1.82, 2.24) is 9.55 Å². The fraction of sp³-hybridized carbons (Fsp3) is 0.0800. The number of carbonyl (C=O) groups excluding carboxylic acids is 1. The number of aromatic nitrogens is 2. The molecule has 0 radical (unpaired) electrons. The van der Waals surface area contributed by atoms with Gasteiger partial charge in [0.2, 0.25) is 0 Å². The molecule has 1 amide bonds. The molecule has 1 N–H and O–H groups in total. The van der Waals surface area contributed by atoms with Gasteiger partial charge in [-0.25, -0.2) is 4.98 Å². The molecule has 5 rings (SSSR count). The molecule has 3 aromatic carbocycles. The summed E-state index contributed by atoms with van der Waals surface area (Å²) in [7, 11) is 1.57. The normalized spacial score (nSPS) is 14.0. The highest BCUT2D eigenvalue weighted by molar-refractivity contribution is 6.34. The zero-order valence-electron chi connectivity index (χ0n) is 17.0. The van der Waals surface area contributed by atoms with Gasteiger partial charge in [-0.1, -0.05) is 29.8 Å². The summed E-state index contributed by atoms with van der Waals surface area (Å²) in [5.74, 6) is 0.771. The number of rotatable bonds is 3. The summed E-state index contributed by atoms with van der Waals surface area (Å²) < 4.78 is 6.85. The highest BCUT2D eigenvalue weighted by atomic mass is 16.5. The van der Waals surface area contributed by atoms with Gasteiger partial charge in [0, 0.05) is 17.3 Å². The average Bonchev–Trinajstić information content (AvgIpc) is 3.08. The lowest BCUT2D eigenvalue weighted by Gasteiger charge is -2.13. The van der Waals surface area contributed by atoms with Crippen molar-refractivity contribution in [3.63, 3.8) is 0 Å². The Balaban J connectivity index is 1.81. The molecule has 2 heterocycles. The van der Waals surface area contributed by atoms with Crippen molar-refractivity contribution in [2.24, 2.45) is 0 Å². The zero-order valence-corrected chi connectivity index (χ0v) is 17.0. The third-order valence-corrected chi connectivity index (χ3v) is 5.34. The van der Waals surface area contributed by atoms with Gasteiger partial charge in [0.25, 0.3) is 11.5 Å². The number of aryl methyl sites for hydroxylation is 1. The number of fused-ring (bicyclic) bond motifs is 2. The molecule has 1 aliphatic heterocycles. The van der Waals surface area contributed by atoms with E-state index in [9.17, 15) is 9.59 Å². The smallest absolute Gasteiger partial charge is 0.266 e. The molecule has 0 spiro atoms. The van der Waals surface area contributed by atoms with Crippen LogP contribution in [0.5, 0.6) is 5.75 Å². The molecule has 31 heavy (non-hydrogen) atoms. The standard InChI is InChI=1S/C25H19N3O3/c1-15-10-11-22-19(12-15)20(24(29)27-22)14-23-26-21-9-4-3-8-18(21)25(30)28(23)16-6-5-7-17(13-16)31-2/h3-14H,1-2H3,(H,27,29)/b20-14-. The lowest BCUT2D eigenvalue weighted by molar-refractivity contribution is -0.110. The summed E-state index contributed by atoms with van der Waals surface area (Å²) in [5.41, 5.74) is 4.02. The van der Waals surface area contributed by atoms with Crippen molar-refractivity contribution in [2.45, 2.75) is 6.92 Å². The molecule has 0 atom stereocenters. The van der Waals surface area contributed by atoms with Crippen molar-refractivity contribution in [3.05, 3.63) is 94.0 Å². The van der Waals surface area contributed by atoms with Crippen LogP contribution in [0.25, 0.3) is 28.2 Å². The zero-order chi connectivity index (χ0) is 21.5. The molecule has 0 unspecified atom stereocenters. The minimum atomic E-state index is -0.222. The summed E-state index contributed by atoms with van der Waals surface area (Å²) in [5, 5.41) is 3.38. The molecule has 0 saturated heterocycles. The van der Waals surface area contributed by atoms with Gasteiger partial charge in [0.1, 0.15) is 11.6 Å². The van der Waals surface area contributed by atoms with Gasteiger partial charge in [-0.05, 0) is 49.4 Å². The van der Waals surface area contributed by atoms with E-state index in [1.807, 2.05) is 55.5 Å². The summed E-state index contributed by atoms with van der Waals surface area (Å²) in [4.78, 5) is 30.9. The molecule has 0 fully saturated rings. The van der Waals surface area contributed by atoms with Gasteiger partial charge in [0.15, 0.2) is 0 Å². The minimum Gasteiger partial charge on any atom is -0.497 e. The van der Waals surface area contributed by atoms with Gasteiger partial charge in [-0.15, -0.1) is 0 Å². The lowest BCUT2D eigenvalue weighted by Crippen LogP contribution is -2.22. The number of anilines is 1. The molecule has 1 aromatic heterocycles. The first-order valence-electron chi connectivity index (χ1n) is 9.85. The van der Waals surface area contributed by atoms with E-state index >= 15 is 0 Å². The topological polar surface area (TPSA) is 73.2 Å². The van der Waals surface area contributed by atoms with E-state index < -0.39 is 0 Å². The van der Waals surface area contributed by atoms with E-state index in [2.05, 4.69) is 5.32 Å². The number of hydrogen-bond donors (Lipinski definition) is 1. The minimum absolute atomic E-state index is 0.214. The quantitative estimate of drug-likeness (QED) is 0.515. The number of methoxy groups -OCH3 is 1. The summed E-state index contributed by atoms with van der Waals surface area (Å²) in [6, 6.07) is 20.2. The van der Waals surface area contributed by atoms with Crippen LogP contribution in [-0.4, -0.2) is 22.6 Å². The Labute approximate surface area is 178 Å². The number of hydrogen-bond acceptors (Lipinski definition) is 4. The van der Waals surface area contributed by atoms with E-state index in [1.165, 1.54) is 4.57 Å². The van der Waals surface area contributed by atoms with Crippen LogP contribution in [0.1, 0.15) is 17.0 Å². The molecular formula is C25H19N3O3. The molecule has 0 bridgehead atoms. The maximum Gasteiger partial charge on any atom is 0.266 e. The maximum atomic E-state index is 13.5. The van der Waals surface area contributed by atoms with Crippen LogP contribution in [0.2, 0.25) is 0 Å². The van der Waals surface area contributed by atoms with Crippen molar-refractivity contribution < 1.29 is 9.53 Å². The molecule has 6 heteroatoms. The Kier molecular flexibility index (Phi) is 4.40. The van der Waals surface area contributed by atoms with E-state index in [0.29, 0.717) is 33.7 Å². The average molecular weight is 409 g/mol. The van der Waals surface area contributed by atoms with Crippen LogP contribution < -0.4 is 15.6 Å². The molecular weight excluding hydrogens is 390 g/mol. The highest BCUT2D eigenvalue weighted by Gasteiger charge is 2.25. The van der Waals surface area contributed by atoms with Crippen LogP contribution in [0.3, 0.4) is 0 Å². The first-order valence-corrected chi connectivity index (χ1v) is 9.85. The number of ether oxygens (including phenoxy) is 1. The van der Waals surface area contributed by atoms with E-state index in [1.54, 1.807) is 31.4 Å². The van der Waals surface area contributed by atoms with Crippen LogP contribution >= 0.6 is 0 Å². The van der Waals surface area contributed by atoms with Gasteiger partial charge in [-0.3, -0.25) is 14.2 Å². The van der Waals surface area contributed by atoms with Crippen molar-refractivity contribution >= 4 is 34.1 Å². The fourth-order valence-corrected chi connectivity index (χ4v) is 3.82. The number of para-hydroxylation sites is 1. The molecule has 0 aliphatic carbocycles. The van der Waals surface area contributed by atoms with Crippen LogP contribution in [-0.2, 0) is 4.79 Å². The van der Waals surface area contributed by atoms with Crippen LogP contribution in [0.4, 0.5) is 5.69 Å². The second-order valence-electron chi connectivity index (χ2n) is 7.39. The fourth-order valence-electron chi connectivity index (χ4n) is 3.82. The number of benzene rings is 3. The number of nitrogens with one attached hydrogen (secondary N) is 1. The number of nitrogens with zero attached hydrogens (tertiary/aromatic N) is 2. The van der Waals surface area contributed by atoms with Crippen molar-refractivity contribution in [1.29, 1.82) is 0 Å². The number of carbonyl (C=O) groups is 1. The number of amides is 1. The molecule has 152 valence electrons. The highest BCUT2D eigenvalue weighted by Crippen LogP contribution is 2.34. The Hall–Kier alpha value is -4.19. The second-order valence-corrected chi connectivity index (χ2v) is 7.39. The predicted octanol–water partition coefficient (Wildman–Crippen LogP) is 4.20. The van der Waals surface area contributed by atoms with E-state index in [-0.39, 0.29) is 11.5 Å². The summed E-state index contributed by atoms with van der Waals surface area (Å²) in [6.45, 7) is 1.97. The van der Waals surface area contributed by atoms with Crippen LogP contribution in [0.15, 0.2) is 71.5 Å². The third kappa shape index (κ3) is 3.18. The van der Waals surface area contributed by atoms with E-state index in [4.69, 9.17) is 9.72 Å². The molecule has 4 aromatic rings. The first kappa shape index (κ1) is 18.8. The van der Waals surface area contributed by atoms with Gasteiger partial charge in [0.05, 0.1) is 29.3 Å². The molecule has 6 nitrogen and oxygen atoms in total. The Morgan fingerprint density at radius 2 is 1.84 bits per heavy atom. The molecule has 1 aliphatic rings. The predicted molar refractivity (Wildman–Crippen MR) is 122 cm³/mol. The third-order valence-electron chi connectivity index (χ3n) is 5.34. The largest absolute Gasteiger partial charge is 0.497 e. The Bertz CT molecular complexity index is 1450. The maximum absolute atomic E-state index is 13.5. The van der Waals surface area contributed by atoms with Gasteiger partial charge in [-0.2, -0.15) is 0 Å². The first-order chi connectivity index (χ1) is 15.0. The van der Waals surface area contributed by atoms with Gasteiger partial charge < -0.3 is 10.1 Å². The summed E-state index contributed by atoms with van der Waals surface area (Å²) in [6.07, 6.45) is 1.67. The Morgan fingerprint density at radius 3 is 2.68 bits per heavy atom. The Morgan fingerprint density at radius 1 is 1.00 bits per heavy atom. The van der Waals surface area contributed by atoms with Crippen molar-refractivity contribution in [3.8, 4) is 11.4 Å². The monoisotopic (exact) mass is 409 g/mol.